The van der Waals surface area contributed by atoms with Gasteiger partial charge in [-0.25, -0.2) is 0 Å². The van der Waals surface area contributed by atoms with Crippen LogP contribution in [-0.4, -0.2) is 29.3 Å². The number of amides is 1. The van der Waals surface area contributed by atoms with E-state index in [4.69, 9.17) is 0 Å². The molecule has 0 saturated carbocycles. The summed E-state index contributed by atoms with van der Waals surface area (Å²) >= 11 is 0. The van der Waals surface area contributed by atoms with Crippen LogP contribution < -0.4 is 0 Å². The predicted molar refractivity (Wildman–Crippen MR) is 69.5 cm³/mol. The van der Waals surface area contributed by atoms with Gasteiger partial charge in [0.15, 0.2) is 0 Å². The van der Waals surface area contributed by atoms with Gasteiger partial charge >= 0.3 is 5.69 Å². The van der Waals surface area contributed by atoms with Crippen LogP contribution in [0.25, 0.3) is 0 Å². The normalized spacial score (nSPS) is 12.0. The molecule has 0 aromatic heterocycles. The van der Waals surface area contributed by atoms with Gasteiger partial charge in [-0.1, -0.05) is 20.3 Å². The summed E-state index contributed by atoms with van der Waals surface area (Å²) < 4.78 is 13.2. The molecule has 0 radical (unpaired) electrons. The first-order valence-electron chi connectivity index (χ1n) is 6.06. The van der Waals surface area contributed by atoms with Crippen molar-refractivity contribution in [1.82, 2.24) is 4.90 Å². The van der Waals surface area contributed by atoms with Crippen LogP contribution in [0.4, 0.5) is 10.1 Å². The lowest BCUT2D eigenvalue weighted by molar-refractivity contribution is -0.387. The Morgan fingerprint density at radius 2 is 2.16 bits per heavy atom. The molecule has 5 nitrogen and oxygen atoms in total. The fourth-order valence-electron chi connectivity index (χ4n) is 1.69. The number of benzene rings is 1. The molecule has 0 N–H and O–H groups in total. The summed E-state index contributed by atoms with van der Waals surface area (Å²) in [6.45, 7) is 4.59. The Labute approximate surface area is 111 Å². The van der Waals surface area contributed by atoms with Gasteiger partial charge in [0.2, 0.25) is 5.82 Å². The molecule has 6 heteroatoms. The number of halogens is 1. The molecule has 1 aromatic rings. The third-order valence-electron chi connectivity index (χ3n) is 3.02. The Balaban J connectivity index is 2.94. The second-order valence-electron chi connectivity index (χ2n) is 4.62. The van der Waals surface area contributed by atoms with Crippen LogP contribution in [0.2, 0.25) is 0 Å². The number of carbonyl (C=O) groups excluding carboxylic acids is 1. The van der Waals surface area contributed by atoms with E-state index in [1.165, 1.54) is 11.0 Å². The molecule has 1 aromatic carbocycles. The van der Waals surface area contributed by atoms with Gasteiger partial charge in [0.25, 0.3) is 5.91 Å². The van der Waals surface area contributed by atoms with Crippen molar-refractivity contribution in [3.63, 3.8) is 0 Å². The molecule has 0 fully saturated rings. The lowest BCUT2D eigenvalue weighted by Crippen LogP contribution is -2.30. The average molecular weight is 268 g/mol. The van der Waals surface area contributed by atoms with Crippen molar-refractivity contribution >= 4 is 11.6 Å². The monoisotopic (exact) mass is 268 g/mol. The van der Waals surface area contributed by atoms with Crippen LogP contribution in [0.3, 0.4) is 0 Å². The van der Waals surface area contributed by atoms with Gasteiger partial charge in [0, 0.05) is 25.2 Å². The molecular weight excluding hydrogens is 251 g/mol. The quantitative estimate of drug-likeness (QED) is 0.609. The van der Waals surface area contributed by atoms with Crippen LogP contribution in [0.15, 0.2) is 18.2 Å². The summed E-state index contributed by atoms with van der Waals surface area (Å²) in [5.41, 5.74) is -0.554. The molecule has 104 valence electrons. The minimum Gasteiger partial charge on any atom is -0.341 e. The zero-order valence-corrected chi connectivity index (χ0v) is 11.2. The standard InChI is InChI=1S/C13H17FN2O3/c1-4-9(2)8-15(3)13(17)10-5-6-11(14)12(7-10)16(18)19/h5-7,9H,4,8H2,1-3H3. The third-order valence-corrected chi connectivity index (χ3v) is 3.02. The van der Waals surface area contributed by atoms with Crippen LogP contribution in [-0.2, 0) is 0 Å². The molecule has 1 atom stereocenters. The first-order valence-corrected chi connectivity index (χ1v) is 6.06. The average Bonchev–Trinajstić information content (AvgIpc) is 2.37. The molecule has 0 aliphatic carbocycles. The number of hydrogen-bond donors (Lipinski definition) is 0. The predicted octanol–water partition coefficient (Wildman–Crippen LogP) is 2.85. The number of hydrogen-bond acceptors (Lipinski definition) is 3. The van der Waals surface area contributed by atoms with Crippen LogP contribution in [0, 0.1) is 21.8 Å². The molecule has 1 amide bonds. The lowest BCUT2D eigenvalue weighted by atomic mass is 10.1. The summed E-state index contributed by atoms with van der Waals surface area (Å²) in [7, 11) is 1.63. The molecule has 0 saturated heterocycles. The minimum absolute atomic E-state index is 0.124. The largest absolute Gasteiger partial charge is 0.341 e. The molecule has 0 aliphatic heterocycles. The van der Waals surface area contributed by atoms with E-state index in [1.807, 2.05) is 13.8 Å². The molecule has 1 unspecified atom stereocenters. The van der Waals surface area contributed by atoms with Gasteiger partial charge in [0.1, 0.15) is 0 Å². The second-order valence-corrected chi connectivity index (χ2v) is 4.62. The van der Waals surface area contributed by atoms with E-state index in [-0.39, 0.29) is 11.5 Å². The molecule has 0 spiro atoms. The Hall–Kier alpha value is -1.98. The molecular formula is C13H17FN2O3. The van der Waals surface area contributed by atoms with E-state index < -0.39 is 16.4 Å². The van der Waals surface area contributed by atoms with Crippen molar-refractivity contribution in [3.8, 4) is 0 Å². The Morgan fingerprint density at radius 1 is 1.53 bits per heavy atom. The summed E-state index contributed by atoms with van der Waals surface area (Å²) in [4.78, 5) is 23.4. The van der Waals surface area contributed by atoms with E-state index in [2.05, 4.69) is 0 Å². The van der Waals surface area contributed by atoms with E-state index in [0.717, 1.165) is 18.6 Å². The van der Waals surface area contributed by atoms with Crippen molar-refractivity contribution in [2.75, 3.05) is 13.6 Å². The third kappa shape index (κ3) is 3.74. The maximum absolute atomic E-state index is 13.2. The SMILES string of the molecule is CCC(C)CN(C)C(=O)c1ccc(F)c([N+](=O)[O-])c1. The fraction of sp³-hybridized carbons (Fsp3) is 0.462. The summed E-state index contributed by atoms with van der Waals surface area (Å²) in [6.07, 6.45) is 0.932. The number of nitrogens with zero attached hydrogens (tertiary/aromatic N) is 2. The maximum Gasteiger partial charge on any atom is 0.305 e. The zero-order valence-electron chi connectivity index (χ0n) is 11.2. The molecule has 19 heavy (non-hydrogen) atoms. The highest BCUT2D eigenvalue weighted by atomic mass is 19.1. The number of rotatable bonds is 5. The van der Waals surface area contributed by atoms with E-state index in [1.54, 1.807) is 7.05 Å². The molecule has 0 aliphatic rings. The number of nitro benzene ring substituents is 1. The van der Waals surface area contributed by atoms with Crippen molar-refractivity contribution in [2.24, 2.45) is 5.92 Å². The van der Waals surface area contributed by atoms with Gasteiger partial charge in [0.05, 0.1) is 4.92 Å². The highest BCUT2D eigenvalue weighted by Gasteiger charge is 2.20. The Kier molecular flexibility index (Phi) is 4.97. The summed E-state index contributed by atoms with van der Waals surface area (Å²) in [6, 6.07) is 3.19. The van der Waals surface area contributed by atoms with Crippen LogP contribution in [0.5, 0.6) is 0 Å². The minimum atomic E-state index is -0.939. The Morgan fingerprint density at radius 3 is 2.68 bits per heavy atom. The van der Waals surface area contributed by atoms with Crippen molar-refractivity contribution in [3.05, 3.63) is 39.7 Å². The van der Waals surface area contributed by atoms with Gasteiger partial charge in [-0.05, 0) is 18.1 Å². The zero-order chi connectivity index (χ0) is 14.6. The van der Waals surface area contributed by atoms with Crippen molar-refractivity contribution in [1.29, 1.82) is 0 Å². The van der Waals surface area contributed by atoms with Crippen molar-refractivity contribution in [2.45, 2.75) is 20.3 Å². The molecule has 1 rings (SSSR count). The number of nitro groups is 1. The van der Waals surface area contributed by atoms with Crippen LogP contribution in [0.1, 0.15) is 30.6 Å². The molecule has 0 heterocycles. The fourth-order valence-corrected chi connectivity index (χ4v) is 1.69. The second kappa shape index (κ2) is 6.26. The van der Waals surface area contributed by atoms with Crippen molar-refractivity contribution < 1.29 is 14.1 Å². The van der Waals surface area contributed by atoms with Gasteiger partial charge < -0.3 is 4.90 Å². The topological polar surface area (TPSA) is 63.5 Å². The van der Waals surface area contributed by atoms with Crippen LogP contribution >= 0.6 is 0 Å². The van der Waals surface area contributed by atoms with Gasteiger partial charge in [-0.2, -0.15) is 4.39 Å². The Bertz CT molecular complexity index is 491. The first-order chi connectivity index (χ1) is 8.86. The van der Waals surface area contributed by atoms with E-state index in [9.17, 15) is 19.3 Å². The maximum atomic E-state index is 13.2. The number of carbonyl (C=O) groups is 1. The lowest BCUT2D eigenvalue weighted by Gasteiger charge is -2.20. The smallest absolute Gasteiger partial charge is 0.305 e. The first kappa shape index (κ1) is 15.1. The van der Waals surface area contributed by atoms with Gasteiger partial charge in [-0.3, -0.25) is 14.9 Å². The van der Waals surface area contributed by atoms with E-state index >= 15 is 0 Å². The highest BCUT2D eigenvalue weighted by molar-refractivity contribution is 5.94. The summed E-state index contributed by atoms with van der Waals surface area (Å²) in [5, 5.41) is 10.6. The van der Waals surface area contributed by atoms with E-state index in [0.29, 0.717) is 12.5 Å². The highest BCUT2D eigenvalue weighted by Crippen LogP contribution is 2.19. The molecule has 0 bridgehead atoms. The summed E-state index contributed by atoms with van der Waals surface area (Å²) in [5.74, 6) is -0.945. The van der Waals surface area contributed by atoms with Gasteiger partial charge in [-0.15, -0.1) is 0 Å².